The third-order valence-electron chi connectivity index (χ3n) is 4.33. The Labute approximate surface area is 125 Å². The second-order valence-electron chi connectivity index (χ2n) is 5.59. The second-order valence-corrected chi connectivity index (χ2v) is 6.88. The number of thioether (sulfide) groups is 1. The Bertz CT molecular complexity index is 477. The lowest BCUT2D eigenvalue weighted by molar-refractivity contribution is -0.146. The molecule has 0 heterocycles. The Morgan fingerprint density at radius 3 is 2.90 bits per heavy atom. The molecular weight excluding hydrogens is 270 g/mol. The number of hydrogen-bond acceptors (Lipinski definition) is 3. The first-order valence-corrected chi connectivity index (χ1v) is 8.21. The third-order valence-corrected chi connectivity index (χ3v) is 5.68. The van der Waals surface area contributed by atoms with Crippen molar-refractivity contribution >= 4 is 17.7 Å². The fourth-order valence-corrected chi connectivity index (χ4v) is 4.35. The second kappa shape index (κ2) is 6.64. The van der Waals surface area contributed by atoms with Crippen molar-refractivity contribution in [2.75, 3.05) is 7.05 Å². The molecule has 3 nitrogen and oxygen atoms in total. The molecule has 4 heteroatoms. The average molecular weight is 293 g/mol. The molecule has 110 valence electrons. The number of carbonyl (C=O) groups is 1. The number of hydrogen-bond donors (Lipinski definition) is 2. The molecule has 2 unspecified atom stereocenters. The molecular formula is C16H23NO2S. The minimum atomic E-state index is -0.721. The maximum Gasteiger partial charge on any atom is 0.323 e. The highest BCUT2D eigenvalue weighted by molar-refractivity contribution is 7.99. The summed E-state index contributed by atoms with van der Waals surface area (Å²) in [5.41, 5.74) is 1.95. The standard InChI is InChI=1S/C16H23NO2S/c1-12-6-3-4-7-13(12)11-20-14-8-5-9-16(10-14,17-2)15(18)19/h3-4,6-7,14,17H,5,8-11H2,1-2H3,(H,18,19). The van der Waals surface area contributed by atoms with E-state index in [1.54, 1.807) is 7.05 Å². The van der Waals surface area contributed by atoms with Gasteiger partial charge in [-0.25, -0.2) is 0 Å². The zero-order chi connectivity index (χ0) is 14.6. The highest BCUT2D eigenvalue weighted by Gasteiger charge is 2.41. The normalized spacial score (nSPS) is 26.4. The minimum Gasteiger partial charge on any atom is -0.480 e. The number of carboxylic acid groups (broad SMARTS) is 1. The van der Waals surface area contributed by atoms with Crippen molar-refractivity contribution in [2.45, 2.75) is 49.1 Å². The van der Waals surface area contributed by atoms with E-state index in [1.807, 2.05) is 11.8 Å². The molecule has 0 spiro atoms. The summed E-state index contributed by atoms with van der Waals surface area (Å²) in [5.74, 6) is 0.262. The van der Waals surface area contributed by atoms with Crippen molar-refractivity contribution in [3.05, 3.63) is 35.4 Å². The fourth-order valence-electron chi connectivity index (χ4n) is 2.87. The maximum atomic E-state index is 11.5. The summed E-state index contributed by atoms with van der Waals surface area (Å²) in [7, 11) is 1.77. The van der Waals surface area contributed by atoms with Crippen LogP contribution in [0, 0.1) is 6.92 Å². The topological polar surface area (TPSA) is 49.3 Å². The summed E-state index contributed by atoms with van der Waals surface area (Å²) >= 11 is 1.90. The van der Waals surface area contributed by atoms with Crippen LogP contribution in [0.5, 0.6) is 0 Å². The predicted octanol–water partition coefficient (Wildman–Crippen LogP) is 3.21. The van der Waals surface area contributed by atoms with E-state index in [0.29, 0.717) is 5.25 Å². The van der Waals surface area contributed by atoms with Gasteiger partial charge in [-0.15, -0.1) is 0 Å². The van der Waals surface area contributed by atoms with Crippen LogP contribution in [0.2, 0.25) is 0 Å². The molecule has 0 aliphatic heterocycles. The lowest BCUT2D eigenvalue weighted by atomic mass is 9.81. The first-order chi connectivity index (χ1) is 9.57. The smallest absolute Gasteiger partial charge is 0.323 e. The molecule has 1 aliphatic carbocycles. The van der Waals surface area contributed by atoms with Crippen LogP contribution >= 0.6 is 11.8 Å². The van der Waals surface area contributed by atoms with Gasteiger partial charge in [-0.3, -0.25) is 4.79 Å². The molecule has 1 saturated carbocycles. The van der Waals surface area contributed by atoms with Gasteiger partial charge < -0.3 is 10.4 Å². The van der Waals surface area contributed by atoms with E-state index in [9.17, 15) is 9.90 Å². The number of nitrogens with one attached hydrogen (secondary N) is 1. The number of benzene rings is 1. The van der Waals surface area contributed by atoms with Gasteiger partial charge in [0.25, 0.3) is 0 Å². The molecule has 0 bridgehead atoms. The van der Waals surface area contributed by atoms with Gasteiger partial charge in [0.15, 0.2) is 0 Å². The summed E-state index contributed by atoms with van der Waals surface area (Å²) in [6.45, 7) is 2.13. The van der Waals surface area contributed by atoms with E-state index in [-0.39, 0.29) is 0 Å². The van der Waals surface area contributed by atoms with E-state index >= 15 is 0 Å². The molecule has 2 atom stereocenters. The zero-order valence-electron chi connectivity index (χ0n) is 12.2. The van der Waals surface area contributed by atoms with Crippen molar-refractivity contribution in [1.29, 1.82) is 0 Å². The van der Waals surface area contributed by atoms with Crippen molar-refractivity contribution in [2.24, 2.45) is 0 Å². The Morgan fingerprint density at radius 1 is 1.50 bits per heavy atom. The van der Waals surface area contributed by atoms with Crippen molar-refractivity contribution < 1.29 is 9.90 Å². The molecule has 1 aromatic carbocycles. The Hall–Kier alpha value is -1.00. The SMILES string of the molecule is CNC1(C(=O)O)CCCC(SCc2ccccc2C)C1. The molecule has 0 aromatic heterocycles. The average Bonchev–Trinajstić information content (AvgIpc) is 2.46. The van der Waals surface area contributed by atoms with E-state index < -0.39 is 11.5 Å². The van der Waals surface area contributed by atoms with Gasteiger partial charge in [-0.1, -0.05) is 24.3 Å². The fraction of sp³-hybridized carbons (Fsp3) is 0.562. The van der Waals surface area contributed by atoms with Gasteiger partial charge >= 0.3 is 5.97 Å². The Morgan fingerprint density at radius 2 is 2.25 bits per heavy atom. The maximum absolute atomic E-state index is 11.5. The van der Waals surface area contributed by atoms with Gasteiger partial charge in [0.05, 0.1) is 0 Å². The molecule has 2 rings (SSSR count). The van der Waals surface area contributed by atoms with Gasteiger partial charge in [0.2, 0.25) is 0 Å². The number of rotatable bonds is 5. The van der Waals surface area contributed by atoms with Crippen LogP contribution in [0.25, 0.3) is 0 Å². The summed E-state index contributed by atoms with van der Waals surface area (Å²) in [6, 6.07) is 8.42. The summed E-state index contributed by atoms with van der Waals surface area (Å²) in [5, 5.41) is 12.9. The zero-order valence-corrected chi connectivity index (χ0v) is 13.0. The Balaban J connectivity index is 1.97. The monoisotopic (exact) mass is 293 g/mol. The number of aryl methyl sites for hydroxylation is 1. The highest BCUT2D eigenvalue weighted by atomic mass is 32.2. The van der Waals surface area contributed by atoms with Gasteiger partial charge in [0, 0.05) is 11.0 Å². The van der Waals surface area contributed by atoms with E-state index in [2.05, 4.69) is 36.5 Å². The van der Waals surface area contributed by atoms with E-state index in [4.69, 9.17) is 0 Å². The highest BCUT2D eigenvalue weighted by Crippen LogP contribution is 2.36. The number of aliphatic carboxylic acids is 1. The van der Waals surface area contributed by atoms with Crippen LogP contribution in [-0.4, -0.2) is 28.9 Å². The number of likely N-dealkylation sites (N-methyl/N-ethyl adjacent to an activating group) is 1. The molecule has 0 saturated heterocycles. The van der Waals surface area contributed by atoms with Gasteiger partial charge in [-0.05, 0) is 50.8 Å². The molecule has 1 fully saturated rings. The van der Waals surface area contributed by atoms with E-state index in [0.717, 1.165) is 31.4 Å². The van der Waals surface area contributed by atoms with Crippen LogP contribution in [-0.2, 0) is 10.5 Å². The Kier molecular flexibility index (Phi) is 5.11. The summed E-state index contributed by atoms with van der Waals surface area (Å²) in [4.78, 5) is 11.5. The molecule has 1 aromatic rings. The molecule has 20 heavy (non-hydrogen) atoms. The van der Waals surface area contributed by atoms with Crippen LogP contribution in [0.1, 0.15) is 36.8 Å². The summed E-state index contributed by atoms with van der Waals surface area (Å²) < 4.78 is 0. The van der Waals surface area contributed by atoms with E-state index in [1.165, 1.54) is 11.1 Å². The lowest BCUT2D eigenvalue weighted by Crippen LogP contribution is -2.53. The number of carboxylic acids is 1. The van der Waals surface area contributed by atoms with Crippen molar-refractivity contribution in [1.82, 2.24) is 5.32 Å². The first kappa shape index (κ1) is 15.4. The van der Waals surface area contributed by atoms with Crippen molar-refractivity contribution in [3.63, 3.8) is 0 Å². The van der Waals surface area contributed by atoms with Gasteiger partial charge in [-0.2, -0.15) is 11.8 Å². The molecule has 1 aliphatic rings. The minimum absolute atomic E-state index is 0.423. The van der Waals surface area contributed by atoms with Crippen LogP contribution in [0.15, 0.2) is 24.3 Å². The molecule has 0 amide bonds. The van der Waals surface area contributed by atoms with Gasteiger partial charge in [0.1, 0.15) is 5.54 Å². The molecule has 2 N–H and O–H groups in total. The first-order valence-electron chi connectivity index (χ1n) is 7.16. The third kappa shape index (κ3) is 3.36. The summed E-state index contributed by atoms with van der Waals surface area (Å²) in [6.07, 6.45) is 3.56. The van der Waals surface area contributed by atoms with Crippen molar-refractivity contribution in [3.8, 4) is 0 Å². The molecule has 0 radical (unpaired) electrons. The van der Waals surface area contributed by atoms with Crippen LogP contribution in [0.4, 0.5) is 0 Å². The lowest BCUT2D eigenvalue weighted by Gasteiger charge is -2.37. The quantitative estimate of drug-likeness (QED) is 0.875. The van der Waals surface area contributed by atoms with Crippen LogP contribution < -0.4 is 5.32 Å². The van der Waals surface area contributed by atoms with Crippen LogP contribution in [0.3, 0.4) is 0 Å². The largest absolute Gasteiger partial charge is 0.480 e. The predicted molar refractivity (Wildman–Crippen MR) is 84.2 cm³/mol.